The summed E-state index contributed by atoms with van der Waals surface area (Å²) in [5.74, 6) is -0.573. The standard InChI is InChI=1S/C19H19FN2O4/c1-12(23)21-16-7-6-14(11-18(16)26-3)22-19(24)9-5-13-4-8-17(25-2)15(20)10-13/h4-11H,1-3H3,(H,21,23)(H,22,24)/b9-5+. The summed E-state index contributed by atoms with van der Waals surface area (Å²) in [6.45, 7) is 1.39. The SMILES string of the molecule is COc1ccc(/C=C/C(=O)Nc2ccc(NC(C)=O)c(OC)c2)cc1F. The number of ether oxygens (including phenoxy) is 2. The zero-order chi connectivity index (χ0) is 19.1. The third-order valence-corrected chi connectivity index (χ3v) is 3.38. The third kappa shape index (κ3) is 5.07. The number of amides is 2. The van der Waals surface area contributed by atoms with Crippen LogP contribution < -0.4 is 20.1 Å². The van der Waals surface area contributed by atoms with E-state index in [1.54, 1.807) is 24.3 Å². The number of anilines is 2. The van der Waals surface area contributed by atoms with Crippen molar-refractivity contribution in [3.63, 3.8) is 0 Å². The van der Waals surface area contributed by atoms with E-state index in [1.165, 1.54) is 45.4 Å². The molecule has 2 aromatic rings. The number of benzene rings is 2. The van der Waals surface area contributed by atoms with Crippen LogP contribution in [-0.4, -0.2) is 26.0 Å². The fourth-order valence-corrected chi connectivity index (χ4v) is 2.20. The second-order valence-corrected chi connectivity index (χ2v) is 5.31. The number of methoxy groups -OCH3 is 2. The highest BCUT2D eigenvalue weighted by atomic mass is 19.1. The van der Waals surface area contributed by atoms with E-state index >= 15 is 0 Å². The average Bonchev–Trinajstić information content (AvgIpc) is 2.61. The number of nitrogens with one attached hydrogen (secondary N) is 2. The molecule has 0 spiro atoms. The van der Waals surface area contributed by atoms with Crippen LogP contribution in [0.15, 0.2) is 42.5 Å². The Bertz CT molecular complexity index is 849. The van der Waals surface area contributed by atoms with Crippen LogP contribution >= 0.6 is 0 Å². The molecule has 0 aliphatic carbocycles. The van der Waals surface area contributed by atoms with E-state index in [4.69, 9.17) is 9.47 Å². The fraction of sp³-hybridized carbons (Fsp3) is 0.158. The Labute approximate surface area is 150 Å². The molecule has 2 N–H and O–H groups in total. The van der Waals surface area contributed by atoms with Gasteiger partial charge in [-0.15, -0.1) is 0 Å². The zero-order valence-electron chi connectivity index (χ0n) is 14.6. The van der Waals surface area contributed by atoms with Crippen molar-refractivity contribution < 1.29 is 23.5 Å². The van der Waals surface area contributed by atoms with E-state index in [0.29, 0.717) is 22.7 Å². The molecule has 2 aromatic carbocycles. The Hall–Kier alpha value is -3.35. The van der Waals surface area contributed by atoms with Crippen molar-refractivity contribution in [3.8, 4) is 11.5 Å². The molecule has 0 fully saturated rings. The van der Waals surface area contributed by atoms with Crippen LogP contribution in [0.4, 0.5) is 15.8 Å². The highest BCUT2D eigenvalue weighted by Crippen LogP contribution is 2.28. The quantitative estimate of drug-likeness (QED) is 0.776. The molecule has 0 radical (unpaired) electrons. The maximum atomic E-state index is 13.6. The van der Waals surface area contributed by atoms with Gasteiger partial charge in [0.15, 0.2) is 11.6 Å². The van der Waals surface area contributed by atoms with Gasteiger partial charge in [0.1, 0.15) is 5.75 Å². The van der Waals surface area contributed by atoms with Gasteiger partial charge in [-0.05, 0) is 35.9 Å². The predicted molar refractivity (Wildman–Crippen MR) is 97.9 cm³/mol. The first-order valence-corrected chi connectivity index (χ1v) is 7.71. The van der Waals surface area contributed by atoms with Crippen molar-refractivity contribution >= 4 is 29.3 Å². The molecule has 0 bridgehead atoms. The third-order valence-electron chi connectivity index (χ3n) is 3.38. The summed E-state index contributed by atoms with van der Waals surface area (Å²) in [7, 11) is 2.84. The van der Waals surface area contributed by atoms with Crippen molar-refractivity contribution in [2.45, 2.75) is 6.92 Å². The molecule has 26 heavy (non-hydrogen) atoms. The molecule has 2 amide bonds. The highest BCUT2D eigenvalue weighted by Gasteiger charge is 2.07. The molecule has 7 heteroatoms. The number of carbonyl (C=O) groups is 2. The lowest BCUT2D eigenvalue weighted by Crippen LogP contribution is -2.10. The van der Waals surface area contributed by atoms with Crippen molar-refractivity contribution in [2.24, 2.45) is 0 Å². The van der Waals surface area contributed by atoms with Gasteiger partial charge in [0.2, 0.25) is 11.8 Å². The van der Waals surface area contributed by atoms with Crippen molar-refractivity contribution in [1.29, 1.82) is 0 Å². The molecule has 2 rings (SSSR count). The second kappa shape index (κ2) is 8.66. The number of carbonyl (C=O) groups excluding carboxylic acids is 2. The van der Waals surface area contributed by atoms with E-state index in [0.717, 1.165) is 0 Å². The van der Waals surface area contributed by atoms with Gasteiger partial charge >= 0.3 is 0 Å². The molecule has 0 heterocycles. The van der Waals surface area contributed by atoms with Crippen LogP contribution in [0.5, 0.6) is 11.5 Å². The Kier molecular flexibility index (Phi) is 6.32. The van der Waals surface area contributed by atoms with Gasteiger partial charge in [0.25, 0.3) is 0 Å². The largest absolute Gasteiger partial charge is 0.494 e. The average molecular weight is 358 g/mol. The second-order valence-electron chi connectivity index (χ2n) is 5.31. The van der Waals surface area contributed by atoms with Crippen LogP contribution in [0.25, 0.3) is 6.08 Å². The van der Waals surface area contributed by atoms with E-state index in [2.05, 4.69) is 10.6 Å². The van der Waals surface area contributed by atoms with Crippen molar-refractivity contribution in [2.75, 3.05) is 24.9 Å². The normalized spacial score (nSPS) is 10.5. The molecule has 136 valence electrons. The van der Waals surface area contributed by atoms with E-state index in [-0.39, 0.29) is 11.7 Å². The molecular formula is C19H19FN2O4. The summed E-state index contributed by atoms with van der Waals surface area (Å²) >= 11 is 0. The first-order valence-electron chi connectivity index (χ1n) is 7.71. The van der Waals surface area contributed by atoms with E-state index in [1.807, 2.05) is 0 Å². The van der Waals surface area contributed by atoms with Crippen LogP contribution in [0.3, 0.4) is 0 Å². The molecule has 0 aromatic heterocycles. The van der Waals surface area contributed by atoms with Crippen LogP contribution in [-0.2, 0) is 9.59 Å². The first kappa shape index (κ1) is 19.0. The summed E-state index contributed by atoms with van der Waals surface area (Å²) in [6.07, 6.45) is 2.77. The molecule has 0 saturated carbocycles. The van der Waals surface area contributed by atoms with E-state index in [9.17, 15) is 14.0 Å². The van der Waals surface area contributed by atoms with Crippen molar-refractivity contribution in [3.05, 3.63) is 53.9 Å². The predicted octanol–water partition coefficient (Wildman–Crippen LogP) is 3.45. The molecule has 0 unspecified atom stereocenters. The van der Waals surface area contributed by atoms with Gasteiger partial charge in [-0.25, -0.2) is 4.39 Å². The van der Waals surface area contributed by atoms with Crippen LogP contribution in [0.1, 0.15) is 12.5 Å². The molecule has 0 aliphatic heterocycles. The van der Waals surface area contributed by atoms with Gasteiger partial charge in [-0.2, -0.15) is 0 Å². The van der Waals surface area contributed by atoms with Crippen molar-refractivity contribution in [1.82, 2.24) is 0 Å². The van der Waals surface area contributed by atoms with Crippen LogP contribution in [0, 0.1) is 5.82 Å². The Morgan fingerprint density at radius 1 is 1.00 bits per heavy atom. The summed E-state index contributed by atoms with van der Waals surface area (Å²) < 4.78 is 23.7. The van der Waals surface area contributed by atoms with Gasteiger partial charge in [0.05, 0.1) is 19.9 Å². The van der Waals surface area contributed by atoms with Gasteiger partial charge in [0, 0.05) is 24.8 Å². The number of hydrogen-bond acceptors (Lipinski definition) is 4. The molecule has 6 nitrogen and oxygen atoms in total. The number of rotatable bonds is 6. The summed E-state index contributed by atoms with van der Waals surface area (Å²) in [5.41, 5.74) is 1.52. The molecule has 0 aliphatic rings. The fourth-order valence-electron chi connectivity index (χ4n) is 2.20. The lowest BCUT2D eigenvalue weighted by atomic mass is 10.2. The smallest absolute Gasteiger partial charge is 0.248 e. The van der Waals surface area contributed by atoms with E-state index < -0.39 is 11.7 Å². The molecule has 0 atom stereocenters. The Morgan fingerprint density at radius 2 is 1.73 bits per heavy atom. The summed E-state index contributed by atoms with van der Waals surface area (Å²) in [5, 5.41) is 5.30. The van der Waals surface area contributed by atoms with Gasteiger partial charge in [-0.3, -0.25) is 9.59 Å². The number of hydrogen-bond donors (Lipinski definition) is 2. The summed E-state index contributed by atoms with van der Waals surface area (Å²) in [4.78, 5) is 23.2. The summed E-state index contributed by atoms with van der Waals surface area (Å²) in [6, 6.07) is 9.23. The minimum atomic E-state index is -0.506. The van der Waals surface area contributed by atoms with Gasteiger partial charge < -0.3 is 20.1 Å². The lowest BCUT2D eigenvalue weighted by molar-refractivity contribution is -0.114. The Balaban J connectivity index is 2.07. The maximum absolute atomic E-state index is 13.6. The lowest BCUT2D eigenvalue weighted by Gasteiger charge is -2.11. The maximum Gasteiger partial charge on any atom is 0.248 e. The monoisotopic (exact) mass is 358 g/mol. The molecular weight excluding hydrogens is 339 g/mol. The zero-order valence-corrected chi connectivity index (χ0v) is 14.6. The van der Waals surface area contributed by atoms with Crippen LogP contribution in [0.2, 0.25) is 0 Å². The first-order chi connectivity index (χ1) is 12.4. The topological polar surface area (TPSA) is 76.7 Å². The molecule has 0 saturated heterocycles. The Morgan fingerprint density at radius 3 is 2.35 bits per heavy atom. The van der Waals surface area contributed by atoms with Gasteiger partial charge in [-0.1, -0.05) is 6.07 Å². The minimum Gasteiger partial charge on any atom is -0.494 e. The highest BCUT2D eigenvalue weighted by molar-refractivity contribution is 6.02. The minimum absolute atomic E-state index is 0.137. The number of halogens is 1.